The number of H-pyrrole nitrogens is 2. The maximum absolute atomic E-state index is 11.4. The number of hydrogen-bond acceptors (Lipinski definition) is 2. The summed E-state index contributed by atoms with van der Waals surface area (Å²) in [4.78, 5) is 17.1. The molecule has 1 saturated carbocycles. The van der Waals surface area contributed by atoms with Gasteiger partial charge in [-0.05, 0) is 32.0 Å². The number of aromatic amines is 2. The Bertz CT molecular complexity index is 453. The van der Waals surface area contributed by atoms with Gasteiger partial charge in [0.05, 0.1) is 0 Å². The summed E-state index contributed by atoms with van der Waals surface area (Å²) in [6.45, 7) is 3.99. The summed E-state index contributed by atoms with van der Waals surface area (Å²) >= 11 is 4.93. The van der Waals surface area contributed by atoms with Gasteiger partial charge in [0.2, 0.25) is 0 Å². The highest BCUT2D eigenvalue weighted by Crippen LogP contribution is 2.47. The average Bonchev–Trinajstić information content (AvgIpc) is 2.77. The Morgan fingerprint density at radius 2 is 2.00 bits per heavy atom. The van der Waals surface area contributed by atoms with Gasteiger partial charge >= 0.3 is 0 Å². The highest BCUT2D eigenvalue weighted by molar-refractivity contribution is 7.71. The largest absolute Gasteiger partial charge is 0.335 e. The smallest absolute Gasteiger partial charge is 0.254 e. The van der Waals surface area contributed by atoms with E-state index in [9.17, 15) is 4.79 Å². The summed E-state index contributed by atoms with van der Waals surface area (Å²) in [7, 11) is 0. The van der Waals surface area contributed by atoms with Gasteiger partial charge in [-0.3, -0.25) is 9.78 Å². The molecule has 0 radical (unpaired) electrons. The van der Waals surface area contributed by atoms with E-state index in [1.165, 1.54) is 0 Å². The Balaban J connectivity index is 2.70. The van der Waals surface area contributed by atoms with Crippen LogP contribution < -0.4 is 5.56 Å². The lowest BCUT2D eigenvalue weighted by Gasteiger charge is -2.10. The van der Waals surface area contributed by atoms with Gasteiger partial charge in [0.15, 0.2) is 4.77 Å². The predicted octanol–water partition coefficient (Wildman–Crippen LogP) is 1.79. The monoisotopic (exact) mass is 196 g/mol. The molecule has 70 valence electrons. The van der Waals surface area contributed by atoms with Gasteiger partial charge in [-0.1, -0.05) is 6.92 Å². The lowest BCUT2D eigenvalue weighted by Crippen LogP contribution is -2.18. The number of aromatic nitrogens is 2. The van der Waals surface area contributed by atoms with Crippen molar-refractivity contribution >= 4 is 12.2 Å². The van der Waals surface area contributed by atoms with E-state index in [-0.39, 0.29) is 11.0 Å². The fourth-order valence-electron chi connectivity index (χ4n) is 1.59. The SMILES string of the molecule is Cc1c(C2(C)CC2)[nH]c(=S)[nH]c1=O. The molecular formula is C9H12N2OS. The van der Waals surface area contributed by atoms with Crippen LogP contribution in [0.15, 0.2) is 4.79 Å². The van der Waals surface area contributed by atoms with E-state index in [1.54, 1.807) is 0 Å². The van der Waals surface area contributed by atoms with E-state index < -0.39 is 0 Å². The summed E-state index contributed by atoms with van der Waals surface area (Å²) in [6.07, 6.45) is 2.28. The third-order valence-electron chi connectivity index (χ3n) is 2.78. The zero-order chi connectivity index (χ0) is 9.64. The number of rotatable bonds is 1. The zero-order valence-electron chi connectivity index (χ0n) is 7.73. The molecule has 1 heterocycles. The molecule has 1 fully saturated rings. The predicted molar refractivity (Wildman–Crippen MR) is 53.6 cm³/mol. The molecular weight excluding hydrogens is 184 g/mol. The molecule has 0 unspecified atom stereocenters. The van der Waals surface area contributed by atoms with E-state index in [0.717, 1.165) is 24.1 Å². The fraction of sp³-hybridized carbons (Fsp3) is 0.556. The summed E-state index contributed by atoms with van der Waals surface area (Å²) < 4.78 is 0.429. The molecule has 1 aliphatic carbocycles. The van der Waals surface area contributed by atoms with E-state index >= 15 is 0 Å². The van der Waals surface area contributed by atoms with Crippen LogP contribution in [0.25, 0.3) is 0 Å². The van der Waals surface area contributed by atoms with Crippen molar-refractivity contribution in [2.45, 2.75) is 32.1 Å². The standard InChI is InChI=1S/C9H12N2OS/c1-5-6(9(2)3-4-9)10-8(13)11-7(5)12/h3-4H2,1-2H3,(H2,10,11,12,13). The molecule has 0 aromatic carbocycles. The fourth-order valence-corrected chi connectivity index (χ4v) is 1.78. The van der Waals surface area contributed by atoms with Gasteiger partial charge in [-0.2, -0.15) is 0 Å². The molecule has 1 aromatic heterocycles. The summed E-state index contributed by atoms with van der Waals surface area (Å²) in [5.74, 6) is 0. The Morgan fingerprint density at radius 3 is 2.54 bits per heavy atom. The molecule has 1 aromatic rings. The second kappa shape index (κ2) is 2.54. The van der Waals surface area contributed by atoms with Crippen molar-refractivity contribution in [2.75, 3.05) is 0 Å². The third kappa shape index (κ3) is 1.35. The van der Waals surface area contributed by atoms with Gasteiger partial charge in [0.1, 0.15) is 0 Å². The normalized spacial score (nSPS) is 18.6. The minimum atomic E-state index is -0.0631. The molecule has 0 bridgehead atoms. The molecule has 4 heteroatoms. The first kappa shape index (κ1) is 8.69. The lowest BCUT2D eigenvalue weighted by atomic mass is 10.0. The maximum Gasteiger partial charge on any atom is 0.254 e. The minimum absolute atomic E-state index is 0.0631. The maximum atomic E-state index is 11.4. The van der Waals surface area contributed by atoms with Crippen molar-refractivity contribution < 1.29 is 0 Å². The van der Waals surface area contributed by atoms with E-state index in [0.29, 0.717) is 4.77 Å². The van der Waals surface area contributed by atoms with Crippen LogP contribution in [0.1, 0.15) is 31.0 Å². The summed E-state index contributed by atoms with van der Waals surface area (Å²) in [6, 6.07) is 0. The van der Waals surface area contributed by atoms with Crippen LogP contribution in [0.3, 0.4) is 0 Å². The van der Waals surface area contributed by atoms with Crippen LogP contribution in [0, 0.1) is 11.7 Å². The van der Waals surface area contributed by atoms with Crippen LogP contribution in [0.4, 0.5) is 0 Å². The molecule has 2 N–H and O–H groups in total. The second-order valence-corrected chi connectivity index (χ2v) is 4.38. The van der Waals surface area contributed by atoms with Gasteiger partial charge < -0.3 is 4.98 Å². The minimum Gasteiger partial charge on any atom is -0.335 e. The van der Waals surface area contributed by atoms with Gasteiger partial charge in [0.25, 0.3) is 5.56 Å². The van der Waals surface area contributed by atoms with Gasteiger partial charge in [-0.25, -0.2) is 0 Å². The average molecular weight is 196 g/mol. The van der Waals surface area contributed by atoms with E-state index in [4.69, 9.17) is 12.2 Å². The molecule has 3 nitrogen and oxygen atoms in total. The molecule has 0 spiro atoms. The lowest BCUT2D eigenvalue weighted by molar-refractivity contribution is 0.726. The van der Waals surface area contributed by atoms with E-state index in [2.05, 4.69) is 16.9 Å². The van der Waals surface area contributed by atoms with Crippen molar-refractivity contribution in [3.05, 3.63) is 26.4 Å². The van der Waals surface area contributed by atoms with Crippen molar-refractivity contribution in [3.8, 4) is 0 Å². The molecule has 0 atom stereocenters. The van der Waals surface area contributed by atoms with Crippen molar-refractivity contribution in [1.29, 1.82) is 0 Å². The number of hydrogen-bond donors (Lipinski definition) is 2. The molecule has 0 aliphatic heterocycles. The van der Waals surface area contributed by atoms with Crippen molar-refractivity contribution in [1.82, 2.24) is 9.97 Å². The second-order valence-electron chi connectivity index (χ2n) is 3.97. The molecule has 0 saturated heterocycles. The summed E-state index contributed by atoms with van der Waals surface area (Å²) in [5, 5.41) is 0. The Morgan fingerprint density at radius 1 is 1.38 bits per heavy atom. The highest BCUT2D eigenvalue weighted by atomic mass is 32.1. The van der Waals surface area contributed by atoms with E-state index in [1.807, 2.05) is 6.92 Å². The van der Waals surface area contributed by atoms with Gasteiger partial charge in [-0.15, -0.1) is 0 Å². The topological polar surface area (TPSA) is 48.6 Å². The molecule has 0 amide bonds. The third-order valence-corrected chi connectivity index (χ3v) is 2.99. The summed E-state index contributed by atoms with van der Waals surface area (Å²) in [5.41, 5.74) is 1.90. The Kier molecular flexibility index (Phi) is 1.70. The first-order valence-corrected chi connectivity index (χ1v) is 4.77. The Labute approximate surface area is 81.2 Å². The molecule has 1 aliphatic rings. The zero-order valence-corrected chi connectivity index (χ0v) is 8.55. The van der Waals surface area contributed by atoms with Crippen LogP contribution in [-0.2, 0) is 5.41 Å². The molecule has 13 heavy (non-hydrogen) atoms. The number of nitrogens with one attached hydrogen (secondary N) is 2. The van der Waals surface area contributed by atoms with Crippen molar-refractivity contribution in [3.63, 3.8) is 0 Å². The first-order valence-electron chi connectivity index (χ1n) is 4.37. The quantitative estimate of drug-likeness (QED) is 0.673. The van der Waals surface area contributed by atoms with Gasteiger partial charge in [0, 0.05) is 16.7 Å². The first-order chi connectivity index (χ1) is 6.03. The van der Waals surface area contributed by atoms with Crippen LogP contribution in [-0.4, -0.2) is 9.97 Å². The van der Waals surface area contributed by atoms with Crippen LogP contribution in [0.2, 0.25) is 0 Å². The van der Waals surface area contributed by atoms with Crippen molar-refractivity contribution in [2.24, 2.45) is 0 Å². The Hall–Kier alpha value is -0.900. The molecule has 2 rings (SSSR count). The highest BCUT2D eigenvalue weighted by Gasteiger charge is 2.41. The van der Waals surface area contributed by atoms with Crippen LogP contribution in [0.5, 0.6) is 0 Å². The van der Waals surface area contributed by atoms with Crippen LogP contribution >= 0.6 is 12.2 Å².